The molecule has 2 unspecified atom stereocenters. The Morgan fingerprint density at radius 3 is 2.50 bits per heavy atom. The first kappa shape index (κ1) is 15.1. The van der Waals surface area contributed by atoms with Crippen molar-refractivity contribution in [2.75, 3.05) is 11.4 Å². The molecule has 2 N–H and O–H groups in total. The number of para-hydroxylation sites is 1. The smallest absolute Gasteiger partial charge is 0.0587 e. The fourth-order valence-corrected chi connectivity index (χ4v) is 3.84. The Bertz CT molecular complexity index is 619. The van der Waals surface area contributed by atoms with Gasteiger partial charge < -0.3 is 10.6 Å². The summed E-state index contributed by atoms with van der Waals surface area (Å²) in [6.45, 7) is 5.51. The van der Waals surface area contributed by atoms with Crippen molar-refractivity contribution >= 4 is 5.69 Å². The van der Waals surface area contributed by atoms with Gasteiger partial charge in [0.1, 0.15) is 0 Å². The molecule has 0 aliphatic carbocycles. The van der Waals surface area contributed by atoms with Crippen molar-refractivity contribution in [1.82, 2.24) is 0 Å². The first-order valence-electron chi connectivity index (χ1n) is 8.33. The zero-order valence-corrected chi connectivity index (χ0v) is 13.6. The maximum atomic E-state index is 6.84. The predicted octanol–water partition coefficient (Wildman–Crippen LogP) is 4.09. The van der Waals surface area contributed by atoms with Gasteiger partial charge in [0.05, 0.1) is 11.6 Å². The van der Waals surface area contributed by atoms with E-state index in [4.69, 9.17) is 5.73 Å². The van der Waals surface area contributed by atoms with Crippen LogP contribution in [-0.2, 0) is 12.0 Å². The lowest BCUT2D eigenvalue weighted by molar-refractivity contribution is 0.349. The van der Waals surface area contributed by atoms with Crippen molar-refractivity contribution in [3.05, 3.63) is 65.7 Å². The number of anilines is 1. The Morgan fingerprint density at radius 1 is 1.09 bits per heavy atom. The van der Waals surface area contributed by atoms with Crippen molar-refractivity contribution in [2.24, 2.45) is 5.73 Å². The number of hydrogen-bond donors (Lipinski definition) is 1. The molecule has 22 heavy (non-hydrogen) atoms. The number of hydrogen-bond acceptors (Lipinski definition) is 2. The molecule has 0 spiro atoms. The average Bonchev–Trinajstić information content (AvgIpc) is 2.56. The van der Waals surface area contributed by atoms with Gasteiger partial charge in [-0.2, -0.15) is 0 Å². The highest BCUT2D eigenvalue weighted by Crippen LogP contribution is 2.35. The van der Waals surface area contributed by atoms with Gasteiger partial charge >= 0.3 is 0 Å². The summed E-state index contributed by atoms with van der Waals surface area (Å²) in [5, 5.41) is 0. The van der Waals surface area contributed by atoms with E-state index in [2.05, 4.69) is 73.3 Å². The van der Waals surface area contributed by atoms with Crippen LogP contribution in [0.4, 0.5) is 5.69 Å². The summed E-state index contributed by atoms with van der Waals surface area (Å²) >= 11 is 0. The molecule has 0 bridgehead atoms. The first-order chi connectivity index (χ1) is 10.6. The molecule has 2 atom stereocenters. The van der Waals surface area contributed by atoms with E-state index in [0.717, 1.165) is 13.0 Å². The molecule has 2 nitrogen and oxygen atoms in total. The fourth-order valence-electron chi connectivity index (χ4n) is 3.84. The zero-order chi connectivity index (χ0) is 15.6. The molecule has 0 radical (unpaired) electrons. The number of benzene rings is 2. The summed E-state index contributed by atoms with van der Waals surface area (Å²) in [7, 11) is 0. The van der Waals surface area contributed by atoms with Crippen LogP contribution >= 0.6 is 0 Å². The molecule has 1 aliphatic heterocycles. The Kier molecular flexibility index (Phi) is 4.21. The summed E-state index contributed by atoms with van der Waals surface area (Å²) in [4.78, 5) is 2.53. The standard InChI is InChI=1S/C20H26N2/c1-3-19(20(2,21)17-12-5-4-6-13-17)22-15-9-11-16-10-7-8-14-18(16)22/h4-8,10,12-14,19H,3,9,11,15,21H2,1-2H3. The second-order valence-electron chi connectivity index (χ2n) is 6.50. The van der Waals surface area contributed by atoms with Crippen LogP contribution in [-0.4, -0.2) is 12.6 Å². The number of nitrogens with two attached hydrogens (primary N) is 1. The molecular weight excluding hydrogens is 268 g/mol. The average molecular weight is 294 g/mol. The van der Waals surface area contributed by atoms with Crippen LogP contribution in [0.1, 0.15) is 37.8 Å². The lowest BCUT2D eigenvalue weighted by atomic mass is 9.82. The third kappa shape index (κ3) is 2.64. The van der Waals surface area contributed by atoms with Crippen LogP contribution in [0.5, 0.6) is 0 Å². The Labute approximate surface area is 134 Å². The zero-order valence-electron chi connectivity index (χ0n) is 13.6. The monoisotopic (exact) mass is 294 g/mol. The molecule has 0 amide bonds. The predicted molar refractivity (Wildman–Crippen MR) is 94.2 cm³/mol. The lowest BCUT2D eigenvalue weighted by Gasteiger charge is -2.45. The van der Waals surface area contributed by atoms with Crippen molar-refractivity contribution in [3.8, 4) is 0 Å². The highest BCUT2D eigenvalue weighted by Gasteiger charge is 2.36. The Hall–Kier alpha value is -1.80. The topological polar surface area (TPSA) is 29.3 Å². The van der Waals surface area contributed by atoms with Gasteiger partial charge in [-0.1, -0.05) is 55.5 Å². The van der Waals surface area contributed by atoms with Crippen molar-refractivity contribution in [2.45, 2.75) is 44.7 Å². The van der Waals surface area contributed by atoms with Crippen LogP contribution in [0, 0.1) is 0 Å². The number of fused-ring (bicyclic) bond motifs is 1. The van der Waals surface area contributed by atoms with Gasteiger partial charge in [-0.25, -0.2) is 0 Å². The van der Waals surface area contributed by atoms with Gasteiger partial charge in [0.15, 0.2) is 0 Å². The molecule has 0 saturated heterocycles. The van der Waals surface area contributed by atoms with E-state index < -0.39 is 0 Å². The minimum atomic E-state index is -0.361. The Morgan fingerprint density at radius 2 is 1.77 bits per heavy atom. The number of nitrogens with zero attached hydrogens (tertiary/aromatic N) is 1. The highest BCUT2D eigenvalue weighted by molar-refractivity contribution is 5.57. The van der Waals surface area contributed by atoms with Gasteiger partial charge in [0.25, 0.3) is 0 Å². The minimum Gasteiger partial charge on any atom is -0.366 e. The lowest BCUT2D eigenvalue weighted by Crippen LogP contribution is -2.55. The molecule has 2 aromatic rings. The van der Waals surface area contributed by atoms with Gasteiger partial charge in [0.2, 0.25) is 0 Å². The molecule has 1 heterocycles. The van der Waals surface area contributed by atoms with Crippen molar-refractivity contribution in [1.29, 1.82) is 0 Å². The normalized spacial score (nSPS) is 18.4. The summed E-state index contributed by atoms with van der Waals surface area (Å²) in [6, 6.07) is 19.6. The van der Waals surface area contributed by atoms with E-state index in [1.807, 2.05) is 0 Å². The van der Waals surface area contributed by atoms with Gasteiger partial charge in [-0.05, 0) is 43.4 Å². The van der Waals surface area contributed by atoms with E-state index in [9.17, 15) is 0 Å². The fraction of sp³-hybridized carbons (Fsp3) is 0.400. The summed E-state index contributed by atoms with van der Waals surface area (Å²) in [6.07, 6.45) is 3.42. The second-order valence-corrected chi connectivity index (χ2v) is 6.50. The van der Waals surface area contributed by atoms with Crippen LogP contribution in [0.2, 0.25) is 0 Å². The minimum absolute atomic E-state index is 0.302. The molecule has 116 valence electrons. The molecular formula is C20H26N2. The van der Waals surface area contributed by atoms with Crippen LogP contribution in [0.3, 0.4) is 0 Å². The molecule has 0 aromatic heterocycles. The van der Waals surface area contributed by atoms with Gasteiger partial charge in [-0.15, -0.1) is 0 Å². The third-order valence-corrected chi connectivity index (χ3v) is 5.00. The van der Waals surface area contributed by atoms with E-state index >= 15 is 0 Å². The Balaban J connectivity index is 1.99. The SMILES string of the molecule is CCC(N1CCCc2ccccc21)C(C)(N)c1ccccc1. The van der Waals surface area contributed by atoms with Crippen molar-refractivity contribution < 1.29 is 0 Å². The van der Waals surface area contributed by atoms with E-state index in [1.165, 1.54) is 29.7 Å². The molecule has 0 fully saturated rings. The molecule has 3 rings (SSSR count). The first-order valence-corrected chi connectivity index (χ1v) is 8.33. The molecule has 2 aromatic carbocycles. The van der Waals surface area contributed by atoms with Gasteiger partial charge in [-0.3, -0.25) is 0 Å². The summed E-state index contributed by atoms with van der Waals surface area (Å²) in [5.41, 5.74) is 10.5. The molecule has 0 saturated carbocycles. The maximum Gasteiger partial charge on any atom is 0.0587 e. The number of rotatable bonds is 4. The van der Waals surface area contributed by atoms with Crippen molar-refractivity contribution in [3.63, 3.8) is 0 Å². The number of aryl methyl sites for hydroxylation is 1. The highest BCUT2D eigenvalue weighted by atomic mass is 15.2. The van der Waals surface area contributed by atoms with E-state index in [1.54, 1.807) is 0 Å². The van der Waals surface area contributed by atoms with Crippen LogP contribution in [0.15, 0.2) is 54.6 Å². The van der Waals surface area contributed by atoms with E-state index in [0.29, 0.717) is 6.04 Å². The third-order valence-electron chi connectivity index (χ3n) is 5.00. The largest absolute Gasteiger partial charge is 0.366 e. The summed E-state index contributed by atoms with van der Waals surface area (Å²) < 4.78 is 0. The van der Waals surface area contributed by atoms with Crippen LogP contribution in [0.25, 0.3) is 0 Å². The van der Waals surface area contributed by atoms with E-state index in [-0.39, 0.29) is 5.54 Å². The maximum absolute atomic E-state index is 6.84. The molecule has 2 heteroatoms. The van der Waals surface area contributed by atoms with Gasteiger partial charge in [0, 0.05) is 12.2 Å². The summed E-state index contributed by atoms with van der Waals surface area (Å²) in [5.74, 6) is 0. The quantitative estimate of drug-likeness (QED) is 0.920. The molecule has 1 aliphatic rings. The second kappa shape index (κ2) is 6.13. The van der Waals surface area contributed by atoms with Crippen LogP contribution < -0.4 is 10.6 Å².